The second-order valence-electron chi connectivity index (χ2n) is 5.43. The lowest BCUT2D eigenvalue weighted by Gasteiger charge is -2.12. The van der Waals surface area contributed by atoms with Crippen LogP contribution in [0.15, 0.2) is 60.9 Å². The molecule has 0 aliphatic carbocycles. The third-order valence-electron chi connectivity index (χ3n) is 3.61. The van der Waals surface area contributed by atoms with E-state index in [0.717, 1.165) is 5.56 Å². The fourth-order valence-electron chi connectivity index (χ4n) is 2.41. The zero-order valence-electron chi connectivity index (χ0n) is 13.8. The Labute approximate surface area is 145 Å². The Morgan fingerprint density at radius 3 is 2.72 bits per heavy atom. The lowest BCUT2D eigenvalue weighted by Crippen LogP contribution is -2.13. The van der Waals surface area contributed by atoms with Crippen molar-refractivity contribution in [3.8, 4) is 5.75 Å². The molecule has 128 valence electrons. The van der Waals surface area contributed by atoms with Gasteiger partial charge in [0.2, 0.25) is 0 Å². The number of hydrogen-bond acceptors (Lipinski definition) is 3. The molecule has 6 heteroatoms. The van der Waals surface area contributed by atoms with Crippen LogP contribution in [0.5, 0.6) is 5.75 Å². The van der Waals surface area contributed by atoms with Gasteiger partial charge in [-0.25, -0.2) is 4.39 Å². The van der Waals surface area contributed by atoms with Crippen molar-refractivity contribution in [1.82, 2.24) is 9.78 Å². The number of halogens is 1. The van der Waals surface area contributed by atoms with Crippen LogP contribution in [0.2, 0.25) is 0 Å². The first-order valence-corrected chi connectivity index (χ1v) is 7.96. The largest absolute Gasteiger partial charge is 0.492 e. The predicted molar refractivity (Wildman–Crippen MR) is 93.3 cm³/mol. The van der Waals surface area contributed by atoms with E-state index in [9.17, 15) is 9.18 Å². The summed E-state index contributed by atoms with van der Waals surface area (Å²) in [6.07, 6.45) is 3.60. The Balaban J connectivity index is 1.71. The number of hydrogen-bond donors (Lipinski definition) is 1. The summed E-state index contributed by atoms with van der Waals surface area (Å²) in [5, 5.41) is 6.91. The molecule has 0 radical (unpaired) electrons. The molecule has 0 aliphatic rings. The molecule has 0 aliphatic heterocycles. The van der Waals surface area contributed by atoms with Gasteiger partial charge in [-0.2, -0.15) is 5.10 Å². The van der Waals surface area contributed by atoms with Crippen molar-refractivity contribution in [1.29, 1.82) is 0 Å². The van der Waals surface area contributed by atoms with Crippen molar-refractivity contribution in [2.45, 2.75) is 13.5 Å². The first kappa shape index (κ1) is 16.7. The molecule has 5 nitrogen and oxygen atoms in total. The molecule has 0 atom stereocenters. The topological polar surface area (TPSA) is 56.1 Å². The zero-order valence-corrected chi connectivity index (χ0v) is 13.8. The second-order valence-corrected chi connectivity index (χ2v) is 5.43. The lowest BCUT2D eigenvalue weighted by atomic mass is 10.1. The Hall–Kier alpha value is -3.15. The molecule has 1 aromatic heterocycles. The van der Waals surface area contributed by atoms with Crippen LogP contribution in [-0.2, 0) is 6.54 Å². The highest BCUT2D eigenvalue weighted by molar-refractivity contribution is 6.05. The van der Waals surface area contributed by atoms with E-state index in [1.54, 1.807) is 25.3 Å². The molecule has 25 heavy (non-hydrogen) atoms. The SMILES string of the molecule is CCOc1cc(F)ccc1NC(=O)c1ccc(Cn2cccn2)cc1. The maximum Gasteiger partial charge on any atom is 0.255 e. The first-order chi connectivity index (χ1) is 12.2. The van der Waals surface area contributed by atoms with E-state index < -0.39 is 5.82 Å². The van der Waals surface area contributed by atoms with Gasteiger partial charge in [-0.05, 0) is 42.8 Å². The smallest absolute Gasteiger partial charge is 0.255 e. The summed E-state index contributed by atoms with van der Waals surface area (Å²) in [6, 6.07) is 13.1. The summed E-state index contributed by atoms with van der Waals surface area (Å²) in [4.78, 5) is 12.4. The molecule has 1 N–H and O–H groups in total. The van der Waals surface area contributed by atoms with Crippen LogP contribution in [0, 0.1) is 5.82 Å². The summed E-state index contributed by atoms with van der Waals surface area (Å²) < 4.78 is 20.5. The summed E-state index contributed by atoms with van der Waals surface area (Å²) in [6.45, 7) is 2.82. The van der Waals surface area contributed by atoms with Gasteiger partial charge < -0.3 is 10.1 Å². The Bertz CT molecular complexity index is 846. The van der Waals surface area contributed by atoms with Crippen LogP contribution < -0.4 is 10.1 Å². The number of amides is 1. The molecule has 3 rings (SSSR count). The summed E-state index contributed by atoms with van der Waals surface area (Å²) in [5.41, 5.74) is 1.99. The van der Waals surface area contributed by atoms with Crippen LogP contribution in [-0.4, -0.2) is 22.3 Å². The number of aromatic nitrogens is 2. The van der Waals surface area contributed by atoms with Gasteiger partial charge in [0.1, 0.15) is 11.6 Å². The number of ether oxygens (including phenoxy) is 1. The molecular formula is C19H18FN3O2. The van der Waals surface area contributed by atoms with E-state index in [1.807, 2.05) is 29.1 Å². The minimum Gasteiger partial charge on any atom is -0.492 e. The fourth-order valence-corrected chi connectivity index (χ4v) is 2.41. The number of carbonyl (C=O) groups is 1. The van der Waals surface area contributed by atoms with Crippen LogP contribution in [0.4, 0.5) is 10.1 Å². The van der Waals surface area contributed by atoms with Gasteiger partial charge in [0.25, 0.3) is 5.91 Å². The molecule has 0 fully saturated rings. The van der Waals surface area contributed by atoms with Crippen LogP contribution in [0.1, 0.15) is 22.8 Å². The first-order valence-electron chi connectivity index (χ1n) is 7.96. The number of nitrogens with zero attached hydrogens (tertiary/aromatic N) is 2. The lowest BCUT2D eigenvalue weighted by molar-refractivity contribution is 0.102. The normalized spacial score (nSPS) is 10.5. The maximum absolute atomic E-state index is 13.3. The van der Waals surface area contributed by atoms with E-state index in [0.29, 0.717) is 30.2 Å². The van der Waals surface area contributed by atoms with Gasteiger partial charge in [0, 0.05) is 24.0 Å². The van der Waals surface area contributed by atoms with Gasteiger partial charge in [0.15, 0.2) is 0 Å². The van der Waals surface area contributed by atoms with Gasteiger partial charge >= 0.3 is 0 Å². The molecular weight excluding hydrogens is 321 g/mol. The Morgan fingerprint density at radius 2 is 2.04 bits per heavy atom. The summed E-state index contributed by atoms with van der Waals surface area (Å²) >= 11 is 0. The van der Waals surface area contributed by atoms with E-state index in [-0.39, 0.29) is 5.91 Å². The number of rotatable bonds is 6. The van der Waals surface area contributed by atoms with Gasteiger partial charge in [-0.3, -0.25) is 9.48 Å². The molecule has 3 aromatic rings. The second kappa shape index (κ2) is 7.61. The van der Waals surface area contributed by atoms with E-state index >= 15 is 0 Å². The monoisotopic (exact) mass is 339 g/mol. The van der Waals surface area contributed by atoms with E-state index in [1.165, 1.54) is 18.2 Å². The summed E-state index contributed by atoms with van der Waals surface area (Å²) in [7, 11) is 0. The fraction of sp³-hybridized carbons (Fsp3) is 0.158. The quantitative estimate of drug-likeness (QED) is 0.745. The van der Waals surface area contributed by atoms with Crippen molar-refractivity contribution >= 4 is 11.6 Å². The minimum atomic E-state index is -0.413. The molecule has 1 amide bonds. The third kappa shape index (κ3) is 4.23. The molecule has 0 saturated carbocycles. The van der Waals surface area contributed by atoms with Gasteiger partial charge in [0.05, 0.1) is 18.8 Å². The Kier molecular flexibility index (Phi) is 5.09. The number of nitrogens with one attached hydrogen (secondary N) is 1. The summed E-state index contributed by atoms with van der Waals surface area (Å²) in [5.74, 6) is -0.381. The van der Waals surface area contributed by atoms with Gasteiger partial charge in [-0.15, -0.1) is 0 Å². The van der Waals surface area contributed by atoms with Crippen molar-refractivity contribution in [2.75, 3.05) is 11.9 Å². The highest BCUT2D eigenvalue weighted by atomic mass is 19.1. The number of carbonyl (C=O) groups excluding carboxylic acids is 1. The molecule has 0 bridgehead atoms. The minimum absolute atomic E-state index is 0.279. The van der Waals surface area contributed by atoms with E-state index in [4.69, 9.17) is 4.74 Å². The molecule has 0 spiro atoms. The molecule has 1 heterocycles. The Morgan fingerprint density at radius 1 is 1.24 bits per heavy atom. The van der Waals surface area contributed by atoms with Crippen LogP contribution in [0.3, 0.4) is 0 Å². The average molecular weight is 339 g/mol. The standard InChI is InChI=1S/C19H18FN3O2/c1-2-25-18-12-16(20)8-9-17(18)22-19(24)15-6-4-14(5-7-15)13-23-11-3-10-21-23/h3-12H,2,13H2,1H3,(H,22,24). The highest BCUT2D eigenvalue weighted by Crippen LogP contribution is 2.26. The predicted octanol–water partition coefficient (Wildman–Crippen LogP) is 3.72. The maximum atomic E-state index is 13.3. The molecule has 0 unspecified atom stereocenters. The van der Waals surface area contributed by atoms with Crippen molar-refractivity contribution in [3.05, 3.63) is 77.9 Å². The average Bonchev–Trinajstić information content (AvgIpc) is 3.11. The van der Waals surface area contributed by atoms with Crippen molar-refractivity contribution < 1.29 is 13.9 Å². The zero-order chi connectivity index (χ0) is 17.6. The third-order valence-corrected chi connectivity index (χ3v) is 3.61. The van der Waals surface area contributed by atoms with Crippen molar-refractivity contribution in [3.63, 3.8) is 0 Å². The number of anilines is 1. The van der Waals surface area contributed by atoms with E-state index in [2.05, 4.69) is 10.4 Å². The van der Waals surface area contributed by atoms with Gasteiger partial charge in [-0.1, -0.05) is 12.1 Å². The number of benzene rings is 2. The van der Waals surface area contributed by atoms with Crippen LogP contribution >= 0.6 is 0 Å². The van der Waals surface area contributed by atoms with Crippen molar-refractivity contribution in [2.24, 2.45) is 0 Å². The van der Waals surface area contributed by atoms with Crippen LogP contribution in [0.25, 0.3) is 0 Å². The highest BCUT2D eigenvalue weighted by Gasteiger charge is 2.11. The molecule has 2 aromatic carbocycles. The molecule has 0 saturated heterocycles.